The molecule has 3 aliphatic heterocycles. The zero-order valence-corrected chi connectivity index (χ0v) is 33.1. The van der Waals surface area contributed by atoms with Crippen LogP contribution in [0.15, 0.2) is 24.3 Å². The molecule has 1 aromatic carbocycles. The van der Waals surface area contributed by atoms with Crippen molar-refractivity contribution in [3.63, 3.8) is 0 Å². The molecule has 11 N–H and O–H groups in total. The maximum absolute atomic E-state index is 14.3. The first-order chi connectivity index (χ1) is 27.6. The number of thiol groups is 1. The van der Waals surface area contributed by atoms with E-state index in [0.717, 1.165) is 0 Å². The van der Waals surface area contributed by atoms with Crippen LogP contribution in [0, 0.1) is 0 Å². The number of hydrogen-bond acceptors (Lipinski definition) is 16. The Bertz CT molecular complexity index is 1740. The van der Waals surface area contributed by atoms with E-state index in [4.69, 9.17) is 11.5 Å². The van der Waals surface area contributed by atoms with Gasteiger partial charge in [-0.2, -0.15) is 12.6 Å². The minimum absolute atomic E-state index is 0.0575. The number of rotatable bonds is 8. The SMILES string of the molecule is NCC(=O)NCC(=O)N1C(=O)[C@@H](N)CSC(=O)[C@@H]2CCCN2C(=O)[C@@H]2CCCN2C(=O)[C@H](Cc2ccc(O)cc2)NC(=O)C(CO)NC(=O)[C@H](CO)NC(=O)[C@@H]1CS. The summed E-state index contributed by atoms with van der Waals surface area (Å²) in [6.07, 6.45) is 1.25. The molecule has 0 spiro atoms. The lowest BCUT2D eigenvalue weighted by Crippen LogP contribution is -2.63. The first-order valence-electron chi connectivity index (χ1n) is 18.5. The summed E-state index contributed by atoms with van der Waals surface area (Å²) >= 11 is 4.76. The lowest BCUT2D eigenvalue weighted by Gasteiger charge is -2.33. The lowest BCUT2D eigenvalue weighted by molar-refractivity contribution is -0.152. The molecule has 0 aromatic heterocycles. The highest BCUT2D eigenvalue weighted by atomic mass is 32.2. The normalized spacial score (nSPS) is 27.2. The molecule has 0 aliphatic carbocycles. The van der Waals surface area contributed by atoms with Gasteiger partial charge in [-0.15, -0.1) is 0 Å². The molecule has 8 amide bonds. The second-order valence-electron chi connectivity index (χ2n) is 13.8. The molecule has 3 saturated heterocycles. The standard InChI is InChI=1S/C35H49N9O12S2/c36-12-27(48)38-13-28(49)44-26(16-57)31(52)41-23(15-46)30(51)40-22(14-45)29(50)39-21(11-18-5-7-19(47)8-6-18)33(54)42-9-1-3-24(42)34(55)43-10-2-4-25(43)35(56)58-17-20(37)32(44)53/h5-8,20-26,45-47,57H,1-4,9-17,36-37H2,(H,38,48)(H,39,50)(H,40,51)(H,41,52)/t20-,21-,22?,23-,24-,25-,26-/m0/s1. The summed E-state index contributed by atoms with van der Waals surface area (Å²) in [6.45, 7) is -3.10. The zero-order valence-electron chi connectivity index (χ0n) is 31.4. The van der Waals surface area contributed by atoms with Crippen molar-refractivity contribution >= 4 is 76.8 Å². The van der Waals surface area contributed by atoms with E-state index in [1.807, 2.05) is 0 Å². The number of hydrogen-bond donors (Lipinski definition) is 10. The van der Waals surface area contributed by atoms with Crippen molar-refractivity contribution in [2.24, 2.45) is 11.5 Å². The van der Waals surface area contributed by atoms with Gasteiger partial charge in [0.1, 0.15) is 42.0 Å². The van der Waals surface area contributed by atoms with Crippen LogP contribution in [0.4, 0.5) is 0 Å². The van der Waals surface area contributed by atoms with Gasteiger partial charge in [-0.05, 0) is 43.4 Å². The van der Waals surface area contributed by atoms with E-state index in [-0.39, 0.29) is 38.1 Å². The van der Waals surface area contributed by atoms with Crippen LogP contribution in [-0.4, -0.2) is 176 Å². The zero-order chi connectivity index (χ0) is 42.7. The van der Waals surface area contributed by atoms with E-state index >= 15 is 0 Å². The van der Waals surface area contributed by atoms with Crippen LogP contribution in [0.5, 0.6) is 5.75 Å². The highest BCUT2D eigenvalue weighted by molar-refractivity contribution is 8.13. The number of nitrogens with two attached hydrogens (primary N) is 2. The number of amides is 8. The maximum Gasteiger partial charge on any atom is 0.249 e. The molecule has 3 fully saturated rings. The predicted octanol–water partition coefficient (Wildman–Crippen LogP) is -5.32. The number of nitrogens with zero attached hydrogens (tertiary/aromatic N) is 3. The Balaban J connectivity index is 1.73. The van der Waals surface area contributed by atoms with Crippen molar-refractivity contribution in [2.45, 2.75) is 74.4 Å². The van der Waals surface area contributed by atoms with Crippen molar-refractivity contribution < 1.29 is 58.5 Å². The minimum atomic E-state index is -1.83. The molecule has 58 heavy (non-hydrogen) atoms. The molecule has 1 unspecified atom stereocenters. The summed E-state index contributed by atoms with van der Waals surface area (Å²) in [4.78, 5) is 125. The average molecular weight is 852 g/mol. The second kappa shape index (κ2) is 21.3. The quantitative estimate of drug-likeness (QED) is 0.109. The van der Waals surface area contributed by atoms with Crippen LogP contribution in [0.3, 0.4) is 0 Å². The monoisotopic (exact) mass is 851 g/mol. The molecule has 7 atom stereocenters. The Hall–Kier alpha value is -4.81. The number of benzene rings is 1. The van der Waals surface area contributed by atoms with Crippen molar-refractivity contribution in [1.82, 2.24) is 36.0 Å². The first-order valence-corrected chi connectivity index (χ1v) is 20.1. The largest absolute Gasteiger partial charge is 0.508 e. The van der Waals surface area contributed by atoms with Gasteiger partial charge in [0.25, 0.3) is 0 Å². The third-order valence-electron chi connectivity index (χ3n) is 9.89. The molecule has 0 bridgehead atoms. The van der Waals surface area contributed by atoms with E-state index in [9.17, 15) is 58.5 Å². The average Bonchev–Trinajstić information content (AvgIpc) is 3.92. The van der Waals surface area contributed by atoms with Crippen LogP contribution in [0.25, 0.3) is 0 Å². The third kappa shape index (κ3) is 11.2. The van der Waals surface area contributed by atoms with Gasteiger partial charge in [-0.3, -0.25) is 48.1 Å². The Kier molecular flexibility index (Phi) is 16.8. The third-order valence-corrected chi connectivity index (χ3v) is 11.3. The molecular weight excluding hydrogens is 803 g/mol. The van der Waals surface area contributed by atoms with Crippen LogP contribution >= 0.6 is 24.4 Å². The van der Waals surface area contributed by atoms with E-state index in [1.54, 1.807) is 0 Å². The van der Waals surface area contributed by atoms with E-state index in [1.165, 1.54) is 34.1 Å². The van der Waals surface area contributed by atoms with E-state index in [0.29, 0.717) is 35.1 Å². The Labute approximate surface area is 342 Å². The number of fused-ring (bicyclic) bond motifs is 2. The summed E-state index contributed by atoms with van der Waals surface area (Å²) < 4.78 is 0. The lowest BCUT2D eigenvalue weighted by atomic mass is 10.0. The predicted molar refractivity (Wildman–Crippen MR) is 208 cm³/mol. The smallest absolute Gasteiger partial charge is 0.249 e. The fourth-order valence-corrected chi connectivity index (χ4v) is 8.06. The molecule has 318 valence electrons. The summed E-state index contributed by atoms with van der Waals surface area (Å²) in [5.74, 6) is -8.69. The van der Waals surface area contributed by atoms with Gasteiger partial charge in [-0.25, -0.2) is 0 Å². The van der Waals surface area contributed by atoms with Gasteiger partial charge in [-0.1, -0.05) is 23.9 Å². The summed E-state index contributed by atoms with van der Waals surface area (Å²) in [5.41, 5.74) is 12.0. The number of imide groups is 1. The van der Waals surface area contributed by atoms with Gasteiger partial charge in [0.15, 0.2) is 0 Å². The molecule has 21 nitrogen and oxygen atoms in total. The fourth-order valence-electron chi connectivity index (χ4n) is 6.80. The number of aliphatic hydroxyl groups excluding tert-OH is 2. The van der Waals surface area contributed by atoms with Gasteiger partial charge >= 0.3 is 0 Å². The van der Waals surface area contributed by atoms with Gasteiger partial charge in [0, 0.05) is 31.0 Å². The number of nitrogens with one attached hydrogen (secondary N) is 4. The summed E-state index contributed by atoms with van der Waals surface area (Å²) in [6, 6.07) is -4.52. The number of carbonyl (C=O) groups excluding carboxylic acids is 9. The maximum atomic E-state index is 14.3. The second-order valence-corrected chi connectivity index (χ2v) is 15.2. The highest BCUT2D eigenvalue weighted by Gasteiger charge is 2.45. The van der Waals surface area contributed by atoms with Crippen LogP contribution < -0.4 is 32.7 Å². The topological polar surface area (TPSA) is 324 Å². The molecule has 3 aliphatic rings. The number of thioether (sulfide) groups is 1. The molecule has 3 heterocycles. The van der Waals surface area contributed by atoms with Gasteiger partial charge in [0.05, 0.1) is 32.3 Å². The summed E-state index contributed by atoms with van der Waals surface area (Å²) in [7, 11) is 0. The molecule has 0 radical (unpaired) electrons. The number of aliphatic hydroxyl groups is 2. The Morgan fingerprint density at radius 2 is 1.36 bits per heavy atom. The number of aromatic hydroxyl groups is 1. The highest BCUT2D eigenvalue weighted by Crippen LogP contribution is 2.29. The molecule has 1 aromatic rings. The van der Waals surface area contributed by atoms with Crippen LogP contribution in [-0.2, 0) is 49.6 Å². The van der Waals surface area contributed by atoms with Crippen molar-refractivity contribution in [3.05, 3.63) is 29.8 Å². The Morgan fingerprint density at radius 1 is 0.810 bits per heavy atom. The van der Waals surface area contributed by atoms with Crippen LogP contribution in [0.2, 0.25) is 0 Å². The molecular formula is C35H49N9O12S2. The summed E-state index contributed by atoms with van der Waals surface area (Å²) in [5, 5.41) is 38.7. The van der Waals surface area contributed by atoms with Crippen molar-refractivity contribution in [1.29, 1.82) is 0 Å². The molecule has 23 heteroatoms. The van der Waals surface area contributed by atoms with Gasteiger partial charge < -0.3 is 57.9 Å². The first kappa shape index (κ1) is 45.9. The number of phenols is 1. The van der Waals surface area contributed by atoms with E-state index in [2.05, 4.69) is 33.9 Å². The van der Waals surface area contributed by atoms with E-state index < -0.39 is 132 Å². The Morgan fingerprint density at radius 3 is 1.93 bits per heavy atom. The molecule has 0 saturated carbocycles. The number of phenolic OH excluding ortho intramolecular Hbond substituents is 1. The fraction of sp³-hybridized carbons (Fsp3) is 0.571. The number of carbonyl (C=O) groups is 9. The minimum Gasteiger partial charge on any atom is -0.508 e. The van der Waals surface area contributed by atoms with Gasteiger partial charge in [0.2, 0.25) is 52.4 Å². The van der Waals surface area contributed by atoms with Crippen molar-refractivity contribution in [3.8, 4) is 5.75 Å². The van der Waals surface area contributed by atoms with Crippen LogP contribution in [0.1, 0.15) is 31.2 Å². The van der Waals surface area contributed by atoms with Crippen molar-refractivity contribution in [2.75, 3.05) is 50.9 Å². The molecule has 4 rings (SSSR count).